The van der Waals surface area contributed by atoms with Crippen LogP contribution in [0.5, 0.6) is 5.75 Å². The van der Waals surface area contributed by atoms with Crippen molar-refractivity contribution in [3.63, 3.8) is 0 Å². The smallest absolute Gasteiger partial charge is 0.257 e. The van der Waals surface area contributed by atoms with Gasteiger partial charge in [0.1, 0.15) is 5.75 Å². The first-order chi connectivity index (χ1) is 10.1. The second kappa shape index (κ2) is 9.60. The van der Waals surface area contributed by atoms with Crippen molar-refractivity contribution < 1.29 is 19.4 Å². The van der Waals surface area contributed by atoms with Gasteiger partial charge in [-0.1, -0.05) is 11.6 Å². The average molecular weight is 316 g/mol. The van der Waals surface area contributed by atoms with Crippen LogP contribution in [-0.2, 0) is 9.47 Å². The van der Waals surface area contributed by atoms with Gasteiger partial charge < -0.3 is 19.5 Å². The van der Waals surface area contributed by atoms with Crippen LogP contribution in [0.1, 0.15) is 24.2 Å². The topological polar surface area (TPSA) is 59.0 Å². The fourth-order valence-corrected chi connectivity index (χ4v) is 1.98. The molecule has 0 saturated heterocycles. The molecule has 1 aromatic carbocycles. The first kappa shape index (κ1) is 17.8. The van der Waals surface area contributed by atoms with Crippen molar-refractivity contribution in [2.45, 2.75) is 13.8 Å². The zero-order valence-electron chi connectivity index (χ0n) is 12.5. The molecule has 1 aromatic rings. The van der Waals surface area contributed by atoms with E-state index < -0.39 is 0 Å². The summed E-state index contributed by atoms with van der Waals surface area (Å²) in [6.45, 7) is 6.74. The van der Waals surface area contributed by atoms with Crippen LogP contribution < -0.4 is 0 Å². The molecule has 0 atom stereocenters. The maximum absolute atomic E-state index is 12.5. The van der Waals surface area contributed by atoms with Crippen molar-refractivity contribution in [2.75, 3.05) is 39.5 Å². The fourth-order valence-electron chi connectivity index (χ4n) is 1.80. The predicted molar refractivity (Wildman–Crippen MR) is 82.0 cm³/mol. The molecule has 1 N–H and O–H groups in total. The van der Waals surface area contributed by atoms with Crippen molar-refractivity contribution in [3.05, 3.63) is 28.8 Å². The molecular weight excluding hydrogens is 294 g/mol. The van der Waals surface area contributed by atoms with Gasteiger partial charge in [0.2, 0.25) is 0 Å². The van der Waals surface area contributed by atoms with E-state index in [2.05, 4.69) is 0 Å². The van der Waals surface area contributed by atoms with Crippen LogP contribution in [0.25, 0.3) is 0 Å². The van der Waals surface area contributed by atoms with Crippen LogP contribution in [0.3, 0.4) is 0 Å². The number of aromatic hydroxyl groups is 1. The minimum absolute atomic E-state index is 0.0813. The van der Waals surface area contributed by atoms with Gasteiger partial charge in [-0.05, 0) is 32.0 Å². The van der Waals surface area contributed by atoms with Crippen LogP contribution in [0, 0.1) is 0 Å². The Hall–Kier alpha value is -1.30. The number of halogens is 1. The van der Waals surface area contributed by atoms with E-state index in [1.807, 2.05) is 13.8 Å². The van der Waals surface area contributed by atoms with Gasteiger partial charge in [0.25, 0.3) is 5.91 Å². The quantitative estimate of drug-likeness (QED) is 0.712. The van der Waals surface area contributed by atoms with Crippen molar-refractivity contribution >= 4 is 17.5 Å². The Morgan fingerprint density at radius 1 is 1.19 bits per heavy atom. The molecule has 0 radical (unpaired) electrons. The summed E-state index contributed by atoms with van der Waals surface area (Å²) in [6, 6.07) is 4.42. The molecule has 0 aliphatic rings. The number of benzene rings is 1. The highest BCUT2D eigenvalue weighted by atomic mass is 35.5. The number of nitrogens with zero attached hydrogens (tertiary/aromatic N) is 1. The summed E-state index contributed by atoms with van der Waals surface area (Å²) in [4.78, 5) is 14.1. The third kappa shape index (κ3) is 5.91. The van der Waals surface area contributed by atoms with E-state index in [-0.39, 0.29) is 17.2 Å². The molecule has 0 aromatic heterocycles. The Morgan fingerprint density at radius 3 is 2.29 bits per heavy atom. The van der Waals surface area contributed by atoms with Crippen molar-refractivity contribution in [3.8, 4) is 5.75 Å². The molecule has 0 aliphatic carbocycles. The number of phenols is 1. The highest BCUT2D eigenvalue weighted by Crippen LogP contribution is 2.22. The Kier molecular flexibility index (Phi) is 8.12. The predicted octanol–water partition coefficient (Wildman–Crippen LogP) is 2.56. The zero-order chi connectivity index (χ0) is 15.7. The van der Waals surface area contributed by atoms with E-state index in [0.29, 0.717) is 44.5 Å². The standard InChI is InChI=1S/C15H22ClNO4/c1-3-20-9-7-17(8-10-21-4-2)15(19)13-11-12(16)5-6-14(13)18/h5-6,11,18H,3-4,7-10H2,1-2H3. The second-order valence-electron chi connectivity index (χ2n) is 4.35. The summed E-state index contributed by atoms with van der Waals surface area (Å²) in [5.41, 5.74) is 0.190. The van der Waals surface area contributed by atoms with Gasteiger partial charge in [0, 0.05) is 31.3 Å². The molecule has 0 aliphatic heterocycles. The summed E-state index contributed by atoms with van der Waals surface area (Å²) < 4.78 is 10.6. The van der Waals surface area contributed by atoms with Gasteiger partial charge >= 0.3 is 0 Å². The number of carbonyl (C=O) groups excluding carboxylic acids is 1. The van der Waals surface area contributed by atoms with E-state index >= 15 is 0 Å². The molecule has 21 heavy (non-hydrogen) atoms. The van der Waals surface area contributed by atoms with Crippen LogP contribution >= 0.6 is 11.6 Å². The normalized spacial score (nSPS) is 10.6. The number of hydrogen-bond donors (Lipinski definition) is 1. The molecule has 6 heteroatoms. The van der Waals surface area contributed by atoms with Gasteiger partial charge in [-0.15, -0.1) is 0 Å². The summed E-state index contributed by atoms with van der Waals surface area (Å²) in [5.74, 6) is -0.364. The van der Waals surface area contributed by atoms with Gasteiger partial charge in [-0.3, -0.25) is 4.79 Å². The number of rotatable bonds is 9. The minimum Gasteiger partial charge on any atom is -0.507 e. The lowest BCUT2D eigenvalue weighted by molar-refractivity contribution is 0.0547. The average Bonchev–Trinajstić information content (AvgIpc) is 2.48. The number of amides is 1. The highest BCUT2D eigenvalue weighted by molar-refractivity contribution is 6.31. The number of hydrogen-bond acceptors (Lipinski definition) is 4. The number of phenolic OH excluding ortho intramolecular Hbond substituents is 1. The van der Waals surface area contributed by atoms with Crippen molar-refractivity contribution in [2.24, 2.45) is 0 Å². The lowest BCUT2D eigenvalue weighted by Crippen LogP contribution is -2.36. The molecule has 0 saturated carbocycles. The first-order valence-electron chi connectivity index (χ1n) is 7.03. The largest absolute Gasteiger partial charge is 0.507 e. The molecule has 0 bridgehead atoms. The van der Waals surface area contributed by atoms with Gasteiger partial charge in [0.05, 0.1) is 18.8 Å². The van der Waals surface area contributed by atoms with Crippen LogP contribution in [-0.4, -0.2) is 55.4 Å². The summed E-state index contributed by atoms with van der Waals surface area (Å²) >= 11 is 5.89. The first-order valence-corrected chi connectivity index (χ1v) is 7.41. The van der Waals surface area contributed by atoms with Gasteiger partial charge in [-0.2, -0.15) is 0 Å². The van der Waals surface area contributed by atoms with Gasteiger partial charge in [-0.25, -0.2) is 0 Å². The summed E-state index contributed by atoms with van der Waals surface area (Å²) in [6.07, 6.45) is 0. The van der Waals surface area contributed by atoms with Crippen LogP contribution in [0.15, 0.2) is 18.2 Å². The van der Waals surface area contributed by atoms with Crippen LogP contribution in [0.2, 0.25) is 5.02 Å². The highest BCUT2D eigenvalue weighted by Gasteiger charge is 2.19. The van der Waals surface area contributed by atoms with E-state index in [1.165, 1.54) is 12.1 Å². The number of ether oxygens (including phenoxy) is 2. The molecule has 118 valence electrons. The lowest BCUT2D eigenvalue weighted by Gasteiger charge is -2.23. The minimum atomic E-state index is -0.283. The Balaban J connectivity index is 2.79. The SMILES string of the molecule is CCOCCN(CCOCC)C(=O)c1cc(Cl)ccc1O. The maximum atomic E-state index is 12.5. The summed E-state index contributed by atoms with van der Waals surface area (Å²) in [5, 5.41) is 10.2. The van der Waals surface area contributed by atoms with E-state index in [0.717, 1.165) is 0 Å². The lowest BCUT2D eigenvalue weighted by atomic mass is 10.1. The molecule has 5 nitrogen and oxygen atoms in total. The molecule has 0 spiro atoms. The van der Waals surface area contributed by atoms with Crippen LogP contribution in [0.4, 0.5) is 0 Å². The molecule has 1 amide bonds. The maximum Gasteiger partial charge on any atom is 0.257 e. The third-order valence-corrected chi connectivity index (χ3v) is 3.13. The Morgan fingerprint density at radius 2 is 1.76 bits per heavy atom. The molecule has 1 rings (SSSR count). The molecule has 0 heterocycles. The Bertz CT molecular complexity index is 443. The zero-order valence-corrected chi connectivity index (χ0v) is 13.2. The van der Waals surface area contributed by atoms with E-state index in [1.54, 1.807) is 11.0 Å². The van der Waals surface area contributed by atoms with Gasteiger partial charge in [0.15, 0.2) is 0 Å². The second-order valence-corrected chi connectivity index (χ2v) is 4.78. The fraction of sp³-hybridized carbons (Fsp3) is 0.533. The Labute approximate surface area is 130 Å². The van der Waals surface area contributed by atoms with E-state index in [4.69, 9.17) is 21.1 Å². The molecule has 0 unspecified atom stereocenters. The summed E-state index contributed by atoms with van der Waals surface area (Å²) in [7, 11) is 0. The van der Waals surface area contributed by atoms with Crippen molar-refractivity contribution in [1.29, 1.82) is 0 Å². The van der Waals surface area contributed by atoms with E-state index in [9.17, 15) is 9.90 Å². The third-order valence-electron chi connectivity index (χ3n) is 2.90. The number of carbonyl (C=O) groups is 1. The van der Waals surface area contributed by atoms with Crippen molar-refractivity contribution in [1.82, 2.24) is 4.90 Å². The molecular formula is C15H22ClNO4. The monoisotopic (exact) mass is 315 g/mol. The molecule has 0 fully saturated rings.